The molecule has 2 heterocycles. The van der Waals surface area contributed by atoms with Crippen molar-refractivity contribution in [3.05, 3.63) is 102 Å². The van der Waals surface area contributed by atoms with E-state index >= 15 is 0 Å². The van der Waals surface area contributed by atoms with Gasteiger partial charge in [0.25, 0.3) is 20.0 Å². The molecule has 12 heteroatoms. The van der Waals surface area contributed by atoms with E-state index in [1.54, 1.807) is 31.2 Å². The highest BCUT2D eigenvalue weighted by Crippen LogP contribution is 2.32. The van der Waals surface area contributed by atoms with Gasteiger partial charge in [-0.05, 0) is 73.0 Å². The lowest BCUT2D eigenvalue weighted by Gasteiger charge is -2.19. The lowest BCUT2D eigenvalue weighted by Crippen LogP contribution is -2.29. The number of rotatable bonds is 8. The predicted molar refractivity (Wildman–Crippen MR) is 147 cm³/mol. The Morgan fingerprint density at radius 3 is 2.33 bits per heavy atom. The number of benzene rings is 3. The van der Waals surface area contributed by atoms with Crippen molar-refractivity contribution in [1.29, 1.82) is 0 Å². The zero-order valence-electron chi connectivity index (χ0n) is 20.7. The molecule has 5 rings (SSSR count). The number of amides is 1. The molecule has 0 atom stereocenters. The SMILES string of the molecule is Cc1cc(NS(=O)(=O)c2ccc(NC(=O)C=Cc3ccc(S(=O)(=O)N4CCc5ccccc54)cc3)cc2)no1. The Hall–Kier alpha value is -4.42. The van der Waals surface area contributed by atoms with Crippen LogP contribution in [0.5, 0.6) is 0 Å². The maximum atomic E-state index is 13.2. The summed E-state index contributed by atoms with van der Waals surface area (Å²) in [6.07, 6.45) is 3.53. The van der Waals surface area contributed by atoms with E-state index in [4.69, 9.17) is 4.52 Å². The number of hydrogen-bond donors (Lipinski definition) is 2. The third-order valence-corrected chi connectivity index (χ3v) is 9.24. The number of para-hydroxylation sites is 1. The lowest BCUT2D eigenvalue weighted by molar-refractivity contribution is -0.111. The van der Waals surface area contributed by atoms with Crippen molar-refractivity contribution in [2.75, 3.05) is 20.9 Å². The molecular weight excluding hydrogens is 540 g/mol. The van der Waals surface area contributed by atoms with E-state index < -0.39 is 26.0 Å². The van der Waals surface area contributed by atoms with Crippen LogP contribution in [-0.2, 0) is 31.3 Å². The maximum Gasteiger partial charge on any atom is 0.264 e. The number of hydrogen-bond acceptors (Lipinski definition) is 7. The average Bonchev–Trinajstić information content (AvgIpc) is 3.54. The molecule has 1 amide bonds. The largest absolute Gasteiger partial charge is 0.360 e. The van der Waals surface area contributed by atoms with Crippen molar-refractivity contribution in [2.45, 2.75) is 23.1 Å². The number of sulfonamides is 2. The van der Waals surface area contributed by atoms with Gasteiger partial charge in [0.05, 0.1) is 15.5 Å². The van der Waals surface area contributed by atoms with E-state index in [0.717, 1.165) is 5.56 Å². The average molecular weight is 565 g/mol. The minimum Gasteiger partial charge on any atom is -0.360 e. The van der Waals surface area contributed by atoms with Crippen LogP contribution in [0.4, 0.5) is 17.2 Å². The zero-order valence-corrected chi connectivity index (χ0v) is 22.4. The molecule has 0 spiro atoms. The molecule has 0 saturated heterocycles. The summed E-state index contributed by atoms with van der Waals surface area (Å²) in [4.78, 5) is 12.5. The first-order valence-electron chi connectivity index (χ1n) is 11.9. The summed E-state index contributed by atoms with van der Waals surface area (Å²) in [7, 11) is -7.57. The monoisotopic (exact) mass is 564 g/mol. The molecule has 0 unspecified atom stereocenters. The standard InChI is InChI=1S/C27H24N4O6S2/c1-19-18-26(29-37-19)30-38(33,34)23-13-9-22(10-14-23)28-27(32)15-8-20-6-11-24(12-7-20)39(35,36)31-17-16-21-4-2-3-5-25(21)31/h2-15,18H,16-17H2,1H3,(H,28,32)(H,29,30). The summed E-state index contributed by atoms with van der Waals surface area (Å²) >= 11 is 0. The normalized spacial score (nSPS) is 13.4. The van der Waals surface area contributed by atoms with Gasteiger partial charge in [-0.25, -0.2) is 16.8 Å². The number of anilines is 3. The molecule has 39 heavy (non-hydrogen) atoms. The Labute approximate surface area is 226 Å². The van der Waals surface area contributed by atoms with Crippen LogP contribution in [-0.4, -0.2) is 34.4 Å². The number of carbonyl (C=O) groups excluding carboxylic acids is 1. The van der Waals surface area contributed by atoms with Gasteiger partial charge in [-0.2, -0.15) is 0 Å². The minimum absolute atomic E-state index is 0.0100. The molecule has 0 bridgehead atoms. The molecule has 3 aromatic carbocycles. The lowest BCUT2D eigenvalue weighted by atomic mass is 10.2. The molecule has 1 aromatic heterocycles. The summed E-state index contributed by atoms with van der Waals surface area (Å²) < 4.78 is 59.9. The molecule has 0 fully saturated rings. The minimum atomic E-state index is -3.87. The van der Waals surface area contributed by atoms with Gasteiger partial charge < -0.3 is 9.84 Å². The quantitative estimate of drug-likeness (QED) is 0.306. The molecule has 200 valence electrons. The second kappa shape index (κ2) is 10.4. The second-order valence-electron chi connectivity index (χ2n) is 8.80. The molecule has 2 N–H and O–H groups in total. The van der Waals surface area contributed by atoms with Crippen LogP contribution in [0.15, 0.2) is 99.3 Å². The van der Waals surface area contributed by atoms with Crippen molar-refractivity contribution in [2.24, 2.45) is 0 Å². The highest BCUT2D eigenvalue weighted by Gasteiger charge is 2.30. The first-order valence-corrected chi connectivity index (χ1v) is 14.8. The number of nitrogens with zero attached hydrogens (tertiary/aromatic N) is 2. The first kappa shape index (κ1) is 26.2. The summed E-state index contributed by atoms with van der Waals surface area (Å²) in [6.45, 7) is 2.04. The van der Waals surface area contributed by atoms with Crippen LogP contribution in [0, 0.1) is 6.92 Å². The third kappa shape index (κ3) is 5.71. The van der Waals surface area contributed by atoms with Crippen LogP contribution >= 0.6 is 0 Å². The number of aryl methyl sites for hydroxylation is 1. The van der Waals surface area contributed by atoms with Gasteiger partial charge >= 0.3 is 0 Å². The molecule has 4 aromatic rings. The van der Waals surface area contributed by atoms with Gasteiger partial charge in [0, 0.05) is 24.4 Å². The molecule has 0 aliphatic carbocycles. The number of carbonyl (C=O) groups is 1. The van der Waals surface area contributed by atoms with E-state index in [9.17, 15) is 21.6 Å². The van der Waals surface area contributed by atoms with E-state index in [0.29, 0.717) is 35.7 Å². The number of fused-ring (bicyclic) bond motifs is 1. The number of aromatic nitrogens is 1. The van der Waals surface area contributed by atoms with Crippen molar-refractivity contribution in [3.63, 3.8) is 0 Å². The van der Waals surface area contributed by atoms with Gasteiger partial charge in [0.1, 0.15) is 5.76 Å². The fraction of sp³-hybridized carbons (Fsp3) is 0.111. The van der Waals surface area contributed by atoms with Crippen molar-refractivity contribution in [1.82, 2.24) is 5.16 Å². The smallest absolute Gasteiger partial charge is 0.264 e. The van der Waals surface area contributed by atoms with Gasteiger partial charge in [0.2, 0.25) is 5.91 Å². The molecule has 10 nitrogen and oxygen atoms in total. The van der Waals surface area contributed by atoms with E-state index in [-0.39, 0.29) is 15.6 Å². The first-order chi connectivity index (χ1) is 18.6. The second-order valence-corrected chi connectivity index (χ2v) is 12.3. The highest BCUT2D eigenvalue weighted by atomic mass is 32.2. The molecular formula is C27H24N4O6S2. The third-order valence-electron chi connectivity index (χ3n) is 6.04. The highest BCUT2D eigenvalue weighted by molar-refractivity contribution is 7.93. The summed E-state index contributed by atoms with van der Waals surface area (Å²) in [5.41, 5.74) is 2.74. The Kier molecular flexibility index (Phi) is 6.98. The van der Waals surface area contributed by atoms with Crippen molar-refractivity contribution >= 4 is 49.2 Å². The van der Waals surface area contributed by atoms with Gasteiger partial charge in [-0.1, -0.05) is 35.5 Å². The summed E-state index contributed by atoms with van der Waals surface area (Å²) in [6, 6.07) is 20.8. The zero-order chi connectivity index (χ0) is 27.6. The molecule has 1 aliphatic rings. The Bertz CT molecular complexity index is 1760. The fourth-order valence-corrected chi connectivity index (χ4v) is 6.61. The van der Waals surface area contributed by atoms with Crippen molar-refractivity contribution < 1.29 is 26.2 Å². The summed E-state index contributed by atoms with van der Waals surface area (Å²) in [5.74, 6) is 0.0993. The Morgan fingerprint density at radius 1 is 0.949 bits per heavy atom. The molecule has 1 aliphatic heterocycles. The van der Waals surface area contributed by atoms with Gasteiger partial charge in [-0.3, -0.25) is 13.8 Å². The van der Waals surface area contributed by atoms with Crippen LogP contribution in [0.2, 0.25) is 0 Å². The fourth-order valence-electron chi connectivity index (χ4n) is 4.12. The maximum absolute atomic E-state index is 13.2. The number of nitrogens with one attached hydrogen (secondary N) is 2. The van der Waals surface area contributed by atoms with E-state index in [1.807, 2.05) is 18.2 Å². The summed E-state index contributed by atoms with van der Waals surface area (Å²) in [5, 5.41) is 6.27. The van der Waals surface area contributed by atoms with E-state index in [1.165, 1.54) is 52.8 Å². The van der Waals surface area contributed by atoms with Crippen LogP contribution in [0.3, 0.4) is 0 Å². The van der Waals surface area contributed by atoms with E-state index in [2.05, 4.69) is 15.2 Å². The van der Waals surface area contributed by atoms with Crippen LogP contribution in [0.1, 0.15) is 16.9 Å². The molecule has 0 saturated carbocycles. The Morgan fingerprint density at radius 2 is 1.64 bits per heavy atom. The van der Waals surface area contributed by atoms with Crippen LogP contribution < -0.4 is 14.3 Å². The van der Waals surface area contributed by atoms with Crippen molar-refractivity contribution in [3.8, 4) is 0 Å². The van der Waals surface area contributed by atoms with Gasteiger partial charge in [-0.15, -0.1) is 0 Å². The Balaban J connectivity index is 1.20. The molecule has 0 radical (unpaired) electrons. The predicted octanol–water partition coefficient (Wildman–Crippen LogP) is 4.19. The van der Waals surface area contributed by atoms with Crippen LogP contribution in [0.25, 0.3) is 6.08 Å². The van der Waals surface area contributed by atoms with Gasteiger partial charge in [0.15, 0.2) is 5.82 Å². The topological polar surface area (TPSA) is 139 Å².